The topological polar surface area (TPSA) is 56.2 Å². The third-order valence-electron chi connectivity index (χ3n) is 3.63. The number of aliphatic hydroxyl groups is 2. The van der Waals surface area contributed by atoms with Gasteiger partial charge in [-0.15, -0.1) is 0 Å². The molecule has 0 unspecified atom stereocenters. The summed E-state index contributed by atoms with van der Waals surface area (Å²) < 4.78 is 0. The SMILES string of the molecule is OCCc1ccc2c([nH]c3ccccc32)c1CCO. The van der Waals surface area contributed by atoms with Crippen molar-refractivity contribution in [2.24, 2.45) is 0 Å². The fourth-order valence-corrected chi connectivity index (χ4v) is 2.77. The minimum absolute atomic E-state index is 0.118. The van der Waals surface area contributed by atoms with Crippen LogP contribution in [0.15, 0.2) is 36.4 Å². The zero-order valence-electron chi connectivity index (χ0n) is 10.7. The molecule has 1 heterocycles. The normalized spacial score (nSPS) is 11.5. The van der Waals surface area contributed by atoms with Crippen LogP contribution in [0.4, 0.5) is 0 Å². The fraction of sp³-hybridized carbons (Fsp3) is 0.250. The van der Waals surface area contributed by atoms with E-state index in [1.165, 1.54) is 10.8 Å². The van der Waals surface area contributed by atoms with Crippen LogP contribution in [0, 0.1) is 0 Å². The number of para-hydroxylation sites is 1. The maximum absolute atomic E-state index is 9.27. The zero-order valence-corrected chi connectivity index (χ0v) is 10.7. The standard InChI is InChI=1S/C16H17NO2/c18-9-7-11-5-6-14-13-3-1-2-4-15(13)17-16(14)12(11)8-10-19/h1-6,17-19H,7-10H2. The Morgan fingerprint density at radius 2 is 1.63 bits per heavy atom. The molecule has 1 aromatic heterocycles. The van der Waals surface area contributed by atoms with E-state index in [2.05, 4.69) is 29.2 Å². The number of aromatic nitrogens is 1. The highest BCUT2D eigenvalue weighted by Gasteiger charge is 2.11. The smallest absolute Gasteiger partial charge is 0.0501 e. The second kappa shape index (κ2) is 5.03. The van der Waals surface area contributed by atoms with E-state index < -0.39 is 0 Å². The largest absolute Gasteiger partial charge is 0.396 e. The molecule has 0 spiro atoms. The summed E-state index contributed by atoms with van der Waals surface area (Å²) in [5.74, 6) is 0. The summed E-state index contributed by atoms with van der Waals surface area (Å²) in [6, 6.07) is 12.4. The molecule has 0 saturated heterocycles. The van der Waals surface area contributed by atoms with Crippen molar-refractivity contribution in [1.82, 2.24) is 4.98 Å². The average Bonchev–Trinajstić information content (AvgIpc) is 2.81. The van der Waals surface area contributed by atoms with E-state index in [4.69, 9.17) is 5.11 Å². The van der Waals surface area contributed by atoms with Gasteiger partial charge in [0.05, 0.1) is 5.52 Å². The number of aromatic amines is 1. The number of hydrogen-bond acceptors (Lipinski definition) is 2. The summed E-state index contributed by atoms with van der Waals surface area (Å²) >= 11 is 0. The van der Waals surface area contributed by atoms with Crippen LogP contribution in [0.1, 0.15) is 11.1 Å². The van der Waals surface area contributed by atoms with Gasteiger partial charge in [-0.2, -0.15) is 0 Å². The van der Waals surface area contributed by atoms with Crippen molar-refractivity contribution in [3.05, 3.63) is 47.5 Å². The van der Waals surface area contributed by atoms with Crippen LogP contribution in [0.3, 0.4) is 0 Å². The van der Waals surface area contributed by atoms with Crippen molar-refractivity contribution in [2.45, 2.75) is 12.8 Å². The quantitative estimate of drug-likeness (QED) is 0.670. The fourth-order valence-electron chi connectivity index (χ4n) is 2.77. The molecule has 0 saturated carbocycles. The highest BCUT2D eigenvalue weighted by Crippen LogP contribution is 2.30. The van der Waals surface area contributed by atoms with Gasteiger partial charge in [0.2, 0.25) is 0 Å². The molecule has 3 rings (SSSR count). The molecule has 0 amide bonds. The molecule has 0 atom stereocenters. The summed E-state index contributed by atoms with van der Waals surface area (Å²) in [7, 11) is 0. The maximum atomic E-state index is 9.27. The number of H-pyrrole nitrogens is 1. The summed E-state index contributed by atoms with van der Waals surface area (Å²) in [5, 5.41) is 20.8. The van der Waals surface area contributed by atoms with E-state index in [0.717, 1.165) is 22.2 Å². The van der Waals surface area contributed by atoms with Crippen molar-refractivity contribution in [3.8, 4) is 0 Å². The number of nitrogens with one attached hydrogen (secondary N) is 1. The maximum Gasteiger partial charge on any atom is 0.0501 e. The Labute approximate surface area is 111 Å². The van der Waals surface area contributed by atoms with Crippen molar-refractivity contribution in [2.75, 3.05) is 13.2 Å². The number of rotatable bonds is 4. The Bertz CT molecular complexity index is 715. The van der Waals surface area contributed by atoms with Gasteiger partial charge in [0.25, 0.3) is 0 Å². The number of hydrogen-bond donors (Lipinski definition) is 3. The summed E-state index contributed by atoms with van der Waals surface area (Å²) in [6.45, 7) is 0.247. The van der Waals surface area contributed by atoms with Gasteiger partial charge >= 0.3 is 0 Å². The zero-order chi connectivity index (χ0) is 13.2. The molecule has 3 heteroatoms. The molecule has 3 N–H and O–H groups in total. The van der Waals surface area contributed by atoms with Gasteiger partial charge in [-0.05, 0) is 30.0 Å². The van der Waals surface area contributed by atoms with Crippen molar-refractivity contribution < 1.29 is 10.2 Å². The Kier molecular flexibility index (Phi) is 3.23. The minimum atomic E-state index is 0.118. The van der Waals surface area contributed by atoms with Crippen LogP contribution in [-0.2, 0) is 12.8 Å². The predicted molar refractivity (Wildman–Crippen MR) is 77.4 cm³/mol. The van der Waals surface area contributed by atoms with Crippen LogP contribution >= 0.6 is 0 Å². The first-order valence-electron chi connectivity index (χ1n) is 6.58. The van der Waals surface area contributed by atoms with E-state index in [1.54, 1.807) is 0 Å². The highest BCUT2D eigenvalue weighted by molar-refractivity contribution is 6.08. The third-order valence-corrected chi connectivity index (χ3v) is 3.63. The van der Waals surface area contributed by atoms with Crippen molar-refractivity contribution >= 4 is 21.8 Å². The summed E-state index contributed by atoms with van der Waals surface area (Å²) in [5.41, 5.74) is 4.42. The second-order valence-electron chi connectivity index (χ2n) is 4.74. The van der Waals surface area contributed by atoms with E-state index in [0.29, 0.717) is 12.8 Å². The van der Waals surface area contributed by atoms with Crippen LogP contribution in [-0.4, -0.2) is 28.4 Å². The van der Waals surface area contributed by atoms with Gasteiger partial charge in [0.1, 0.15) is 0 Å². The molecule has 0 fully saturated rings. The lowest BCUT2D eigenvalue weighted by molar-refractivity contribution is 0.293. The Morgan fingerprint density at radius 3 is 2.42 bits per heavy atom. The van der Waals surface area contributed by atoms with Crippen LogP contribution in [0.25, 0.3) is 21.8 Å². The molecule has 0 radical (unpaired) electrons. The average molecular weight is 255 g/mol. The Balaban J connectivity index is 2.31. The van der Waals surface area contributed by atoms with E-state index >= 15 is 0 Å². The van der Waals surface area contributed by atoms with Gasteiger partial charge in [-0.3, -0.25) is 0 Å². The Hall–Kier alpha value is -1.84. The molecule has 0 aliphatic carbocycles. The van der Waals surface area contributed by atoms with E-state index in [9.17, 15) is 5.11 Å². The number of fused-ring (bicyclic) bond motifs is 3. The third kappa shape index (κ3) is 2.01. The van der Waals surface area contributed by atoms with Crippen LogP contribution < -0.4 is 0 Å². The monoisotopic (exact) mass is 255 g/mol. The first kappa shape index (κ1) is 12.2. The predicted octanol–water partition coefficient (Wildman–Crippen LogP) is 2.39. The van der Waals surface area contributed by atoms with Crippen molar-refractivity contribution in [1.29, 1.82) is 0 Å². The summed E-state index contributed by atoms with van der Waals surface area (Å²) in [4.78, 5) is 3.44. The molecule has 3 nitrogen and oxygen atoms in total. The number of aliphatic hydroxyl groups excluding tert-OH is 2. The van der Waals surface area contributed by atoms with Crippen LogP contribution in [0.2, 0.25) is 0 Å². The first-order valence-corrected chi connectivity index (χ1v) is 6.58. The molecule has 0 bridgehead atoms. The van der Waals surface area contributed by atoms with E-state index in [-0.39, 0.29) is 13.2 Å². The molecule has 19 heavy (non-hydrogen) atoms. The van der Waals surface area contributed by atoms with Gasteiger partial charge in [0, 0.05) is 29.5 Å². The van der Waals surface area contributed by atoms with Gasteiger partial charge in [0.15, 0.2) is 0 Å². The van der Waals surface area contributed by atoms with Gasteiger partial charge in [-0.25, -0.2) is 0 Å². The molecule has 0 aliphatic heterocycles. The van der Waals surface area contributed by atoms with Gasteiger partial charge < -0.3 is 15.2 Å². The second-order valence-corrected chi connectivity index (χ2v) is 4.74. The van der Waals surface area contributed by atoms with Gasteiger partial charge in [-0.1, -0.05) is 30.3 Å². The lowest BCUT2D eigenvalue weighted by Gasteiger charge is -2.09. The Morgan fingerprint density at radius 1 is 0.842 bits per heavy atom. The molecule has 3 aromatic rings. The lowest BCUT2D eigenvalue weighted by Crippen LogP contribution is -2.01. The van der Waals surface area contributed by atoms with Crippen LogP contribution in [0.5, 0.6) is 0 Å². The molecular weight excluding hydrogens is 238 g/mol. The molecule has 98 valence electrons. The lowest BCUT2D eigenvalue weighted by atomic mass is 9.98. The molecule has 2 aromatic carbocycles. The molecule has 0 aliphatic rings. The van der Waals surface area contributed by atoms with Crippen molar-refractivity contribution in [3.63, 3.8) is 0 Å². The minimum Gasteiger partial charge on any atom is -0.396 e. The highest BCUT2D eigenvalue weighted by atomic mass is 16.3. The number of benzene rings is 2. The van der Waals surface area contributed by atoms with E-state index in [1.807, 2.05) is 12.1 Å². The molecular formula is C16H17NO2. The first-order chi connectivity index (χ1) is 9.35. The summed E-state index contributed by atoms with van der Waals surface area (Å²) in [6.07, 6.45) is 1.24.